The van der Waals surface area contributed by atoms with Gasteiger partial charge in [0.2, 0.25) is 11.8 Å². The fraction of sp³-hybridized carbons (Fsp3) is 0.364. The van der Waals surface area contributed by atoms with Crippen molar-refractivity contribution in [1.29, 1.82) is 0 Å². The van der Waals surface area contributed by atoms with Gasteiger partial charge in [0.05, 0.1) is 18.4 Å². The Kier molecular flexibility index (Phi) is 7.37. The molecule has 3 N–H and O–H groups in total. The van der Waals surface area contributed by atoms with Crippen molar-refractivity contribution in [1.82, 2.24) is 10.3 Å². The summed E-state index contributed by atoms with van der Waals surface area (Å²) in [4.78, 5) is 40.4. The van der Waals surface area contributed by atoms with Crippen LogP contribution in [0.25, 0.3) is 0 Å². The maximum absolute atomic E-state index is 12.3. The molecule has 3 rings (SSSR count). The Bertz CT molecular complexity index is 895. The van der Waals surface area contributed by atoms with Crippen LogP contribution >= 0.6 is 0 Å². The summed E-state index contributed by atoms with van der Waals surface area (Å²) < 4.78 is 5.34. The van der Waals surface area contributed by atoms with Crippen molar-refractivity contribution in [3.63, 3.8) is 0 Å². The number of rotatable bonds is 8. The Morgan fingerprint density at radius 3 is 2.63 bits per heavy atom. The molecule has 3 amide bonds. The lowest BCUT2D eigenvalue weighted by Gasteiger charge is -2.13. The van der Waals surface area contributed by atoms with E-state index in [1.165, 1.54) is 13.3 Å². The van der Waals surface area contributed by atoms with Crippen LogP contribution in [0.5, 0.6) is 5.75 Å². The second-order valence-electron chi connectivity index (χ2n) is 7.18. The predicted octanol–water partition coefficient (Wildman–Crippen LogP) is 2.98. The maximum Gasteiger partial charge on any atom is 0.257 e. The second kappa shape index (κ2) is 10.4. The molecule has 1 heterocycles. The smallest absolute Gasteiger partial charge is 0.257 e. The summed E-state index contributed by atoms with van der Waals surface area (Å²) in [6.07, 6.45) is 7.30. The zero-order valence-corrected chi connectivity index (χ0v) is 16.9. The number of nitrogens with zero attached hydrogens (tertiary/aromatic N) is 1. The van der Waals surface area contributed by atoms with Gasteiger partial charge in [0.25, 0.3) is 5.91 Å². The van der Waals surface area contributed by atoms with E-state index in [2.05, 4.69) is 20.9 Å². The zero-order valence-electron chi connectivity index (χ0n) is 16.9. The molecular weight excluding hydrogens is 384 g/mol. The molecule has 158 valence electrons. The van der Waals surface area contributed by atoms with E-state index < -0.39 is 0 Å². The fourth-order valence-corrected chi connectivity index (χ4v) is 3.42. The van der Waals surface area contributed by atoms with Gasteiger partial charge in [-0.15, -0.1) is 0 Å². The first kappa shape index (κ1) is 21.3. The molecule has 1 aromatic carbocycles. The van der Waals surface area contributed by atoms with E-state index >= 15 is 0 Å². The number of anilines is 2. The number of benzene rings is 1. The number of hydrogen-bond donors (Lipinski definition) is 3. The average molecular weight is 410 g/mol. The Labute approximate surface area is 175 Å². The minimum Gasteiger partial charge on any atom is -0.494 e. The molecule has 8 heteroatoms. The van der Waals surface area contributed by atoms with Gasteiger partial charge in [0.15, 0.2) is 0 Å². The monoisotopic (exact) mass is 410 g/mol. The minimum absolute atomic E-state index is 0.0377. The molecule has 1 aromatic heterocycles. The van der Waals surface area contributed by atoms with E-state index in [0.717, 1.165) is 25.7 Å². The highest BCUT2D eigenvalue weighted by Gasteiger charge is 2.22. The van der Waals surface area contributed by atoms with Crippen LogP contribution in [-0.2, 0) is 9.59 Å². The van der Waals surface area contributed by atoms with Crippen molar-refractivity contribution in [3.05, 3.63) is 48.3 Å². The molecule has 0 unspecified atom stereocenters. The predicted molar refractivity (Wildman–Crippen MR) is 113 cm³/mol. The lowest BCUT2D eigenvalue weighted by Crippen LogP contribution is -2.32. The maximum atomic E-state index is 12.3. The summed E-state index contributed by atoms with van der Waals surface area (Å²) in [5, 5.41) is 8.38. The third-order valence-electron chi connectivity index (χ3n) is 5.03. The zero-order chi connectivity index (χ0) is 21.3. The van der Waals surface area contributed by atoms with E-state index in [1.807, 2.05) is 0 Å². The molecule has 8 nitrogen and oxygen atoms in total. The average Bonchev–Trinajstić information content (AvgIpc) is 3.30. The van der Waals surface area contributed by atoms with Crippen molar-refractivity contribution in [2.45, 2.75) is 32.1 Å². The molecule has 0 saturated heterocycles. The molecule has 1 aliphatic rings. The first-order valence-corrected chi connectivity index (χ1v) is 10.0. The molecule has 0 atom stereocenters. The molecule has 1 saturated carbocycles. The lowest BCUT2D eigenvalue weighted by molar-refractivity contribution is -0.124. The molecule has 0 aliphatic heterocycles. The standard InChI is InChI=1S/C22H26N4O4/c1-30-19-13-17(8-9-18(19)26-22(29)16-7-4-11-23-14-16)25-20(27)10-12-24-21(28)15-5-2-3-6-15/h4,7-9,11,13-15H,2-3,5-6,10,12H2,1H3,(H,24,28)(H,25,27)(H,26,29). The topological polar surface area (TPSA) is 109 Å². The van der Waals surface area contributed by atoms with Gasteiger partial charge in [0.1, 0.15) is 5.75 Å². The first-order valence-electron chi connectivity index (χ1n) is 10.0. The largest absolute Gasteiger partial charge is 0.494 e. The highest BCUT2D eigenvalue weighted by atomic mass is 16.5. The van der Waals surface area contributed by atoms with E-state index in [4.69, 9.17) is 4.74 Å². The molecule has 30 heavy (non-hydrogen) atoms. The quantitative estimate of drug-likeness (QED) is 0.620. The molecule has 0 spiro atoms. The summed E-state index contributed by atoms with van der Waals surface area (Å²) in [6.45, 7) is 0.303. The fourth-order valence-electron chi connectivity index (χ4n) is 3.42. The number of amides is 3. The molecule has 1 fully saturated rings. The van der Waals surface area contributed by atoms with Crippen molar-refractivity contribution < 1.29 is 19.1 Å². The normalized spacial score (nSPS) is 13.5. The van der Waals surface area contributed by atoms with Gasteiger partial charge in [-0.3, -0.25) is 19.4 Å². The van der Waals surface area contributed by atoms with Gasteiger partial charge in [-0.1, -0.05) is 12.8 Å². The SMILES string of the molecule is COc1cc(NC(=O)CCNC(=O)C2CCCC2)ccc1NC(=O)c1cccnc1. The number of carbonyl (C=O) groups excluding carboxylic acids is 3. The van der Waals surface area contributed by atoms with Gasteiger partial charge < -0.3 is 20.7 Å². The van der Waals surface area contributed by atoms with E-state index in [9.17, 15) is 14.4 Å². The molecular formula is C22H26N4O4. The van der Waals surface area contributed by atoms with Crippen LogP contribution in [0, 0.1) is 5.92 Å². The van der Waals surface area contributed by atoms with Gasteiger partial charge in [0, 0.05) is 43.0 Å². The van der Waals surface area contributed by atoms with Crippen LogP contribution in [0.4, 0.5) is 11.4 Å². The summed E-state index contributed by atoms with van der Waals surface area (Å²) in [5.74, 6) is 0.0223. The third-order valence-corrected chi connectivity index (χ3v) is 5.03. The van der Waals surface area contributed by atoms with Crippen LogP contribution in [-0.4, -0.2) is 36.4 Å². The van der Waals surface area contributed by atoms with Gasteiger partial charge >= 0.3 is 0 Å². The van der Waals surface area contributed by atoms with Crippen LogP contribution in [0.15, 0.2) is 42.7 Å². The number of hydrogen-bond acceptors (Lipinski definition) is 5. The Hall–Kier alpha value is -3.42. The van der Waals surface area contributed by atoms with E-state index in [0.29, 0.717) is 29.2 Å². The molecule has 2 aromatic rings. The van der Waals surface area contributed by atoms with Crippen molar-refractivity contribution in [2.75, 3.05) is 24.3 Å². The number of pyridine rings is 1. The Morgan fingerprint density at radius 2 is 1.93 bits per heavy atom. The molecule has 0 radical (unpaired) electrons. The summed E-state index contributed by atoms with van der Waals surface area (Å²) in [7, 11) is 1.49. The van der Waals surface area contributed by atoms with Crippen molar-refractivity contribution >= 4 is 29.1 Å². The highest BCUT2D eigenvalue weighted by Crippen LogP contribution is 2.28. The minimum atomic E-state index is -0.309. The van der Waals surface area contributed by atoms with Crippen LogP contribution in [0.2, 0.25) is 0 Å². The Balaban J connectivity index is 1.51. The number of carbonyl (C=O) groups is 3. The molecule has 1 aliphatic carbocycles. The Morgan fingerprint density at radius 1 is 1.13 bits per heavy atom. The second-order valence-corrected chi connectivity index (χ2v) is 7.18. The van der Waals surface area contributed by atoms with Gasteiger partial charge in [-0.25, -0.2) is 0 Å². The summed E-state index contributed by atoms with van der Waals surface area (Å²) in [6, 6.07) is 8.31. The van der Waals surface area contributed by atoms with Gasteiger partial charge in [-0.05, 0) is 37.1 Å². The van der Waals surface area contributed by atoms with Crippen LogP contribution in [0.3, 0.4) is 0 Å². The number of methoxy groups -OCH3 is 1. The van der Waals surface area contributed by atoms with Crippen molar-refractivity contribution in [2.24, 2.45) is 5.92 Å². The summed E-state index contributed by atoms with van der Waals surface area (Å²) >= 11 is 0. The van der Waals surface area contributed by atoms with E-state index in [-0.39, 0.29) is 30.1 Å². The van der Waals surface area contributed by atoms with Crippen LogP contribution in [0.1, 0.15) is 42.5 Å². The number of nitrogens with one attached hydrogen (secondary N) is 3. The molecule has 0 bridgehead atoms. The lowest BCUT2D eigenvalue weighted by atomic mass is 10.1. The number of aromatic nitrogens is 1. The van der Waals surface area contributed by atoms with Gasteiger partial charge in [-0.2, -0.15) is 0 Å². The summed E-state index contributed by atoms with van der Waals surface area (Å²) in [5.41, 5.74) is 1.45. The van der Waals surface area contributed by atoms with Crippen LogP contribution < -0.4 is 20.7 Å². The number of ether oxygens (including phenoxy) is 1. The van der Waals surface area contributed by atoms with E-state index in [1.54, 1.807) is 36.5 Å². The highest BCUT2D eigenvalue weighted by molar-refractivity contribution is 6.05. The third kappa shape index (κ3) is 5.79. The van der Waals surface area contributed by atoms with Crippen molar-refractivity contribution in [3.8, 4) is 5.75 Å². The first-order chi connectivity index (χ1) is 14.6.